The number of benzene rings is 2. The van der Waals surface area contributed by atoms with Crippen molar-refractivity contribution < 1.29 is 4.74 Å². The quantitative estimate of drug-likeness (QED) is 0.785. The van der Waals surface area contributed by atoms with Crippen molar-refractivity contribution in [3.05, 3.63) is 94.3 Å². The fourth-order valence-electron chi connectivity index (χ4n) is 4.48. The van der Waals surface area contributed by atoms with Gasteiger partial charge in [0.2, 0.25) is 0 Å². The number of nitrogens with one attached hydrogen (secondary N) is 1. The molecule has 154 valence electrons. The lowest BCUT2D eigenvalue weighted by Crippen LogP contribution is -2.42. The van der Waals surface area contributed by atoms with E-state index in [0.717, 1.165) is 37.9 Å². The van der Waals surface area contributed by atoms with Crippen LogP contribution in [0, 0.1) is 0 Å². The zero-order chi connectivity index (χ0) is 20.5. The molecule has 1 saturated heterocycles. The van der Waals surface area contributed by atoms with Crippen molar-refractivity contribution in [3.8, 4) is 0 Å². The highest BCUT2D eigenvalue weighted by molar-refractivity contribution is 6.30. The highest BCUT2D eigenvalue weighted by Crippen LogP contribution is 2.38. The van der Waals surface area contributed by atoms with Crippen molar-refractivity contribution in [2.24, 2.45) is 0 Å². The van der Waals surface area contributed by atoms with Gasteiger partial charge >= 0.3 is 0 Å². The molecule has 2 aromatic rings. The summed E-state index contributed by atoms with van der Waals surface area (Å²) in [7, 11) is 0. The van der Waals surface area contributed by atoms with Gasteiger partial charge in [-0.05, 0) is 36.3 Å². The molecule has 0 saturated carbocycles. The average Bonchev–Trinajstić information content (AvgIpc) is 3.15. The second-order valence-corrected chi connectivity index (χ2v) is 8.34. The van der Waals surface area contributed by atoms with E-state index in [0.29, 0.717) is 0 Å². The number of hydrogen-bond donors (Lipinski definition) is 1. The summed E-state index contributed by atoms with van der Waals surface area (Å²) >= 11 is 6.15. The molecule has 2 aromatic carbocycles. The van der Waals surface area contributed by atoms with E-state index in [-0.39, 0.29) is 6.17 Å². The van der Waals surface area contributed by atoms with Gasteiger partial charge < -0.3 is 15.0 Å². The number of halogens is 1. The minimum absolute atomic E-state index is 0.124. The average molecular weight is 420 g/mol. The maximum atomic E-state index is 6.15. The molecule has 4 nitrogen and oxygen atoms in total. The number of hydrogen-bond acceptors (Lipinski definition) is 4. The molecule has 0 spiro atoms. The van der Waals surface area contributed by atoms with Crippen LogP contribution in [0.4, 0.5) is 0 Å². The Balaban J connectivity index is 1.57. The Kier molecular flexibility index (Phi) is 5.38. The highest BCUT2D eigenvalue weighted by Gasteiger charge is 2.35. The van der Waals surface area contributed by atoms with Gasteiger partial charge in [-0.1, -0.05) is 60.1 Å². The molecule has 3 aliphatic rings. The third-order valence-electron chi connectivity index (χ3n) is 6.04. The molecule has 1 N–H and O–H groups in total. The molecule has 1 atom stereocenters. The number of allylic oxidation sites excluding steroid dienone is 3. The maximum Gasteiger partial charge on any atom is 0.123 e. The van der Waals surface area contributed by atoms with Gasteiger partial charge in [-0.2, -0.15) is 0 Å². The van der Waals surface area contributed by atoms with Crippen molar-refractivity contribution >= 4 is 22.9 Å². The van der Waals surface area contributed by atoms with Crippen molar-refractivity contribution in [1.82, 2.24) is 15.1 Å². The largest absolute Gasteiger partial charge is 0.379 e. The lowest BCUT2D eigenvalue weighted by Gasteiger charge is -2.35. The predicted octanol–water partition coefficient (Wildman–Crippen LogP) is 4.57. The summed E-state index contributed by atoms with van der Waals surface area (Å²) in [5.74, 6) is 0. The summed E-state index contributed by atoms with van der Waals surface area (Å²) in [5, 5.41) is 4.51. The fourth-order valence-corrected chi connectivity index (χ4v) is 4.61. The van der Waals surface area contributed by atoms with E-state index in [4.69, 9.17) is 16.3 Å². The van der Waals surface area contributed by atoms with Crippen molar-refractivity contribution in [2.45, 2.75) is 13.1 Å². The molecule has 1 fully saturated rings. The molecule has 3 aliphatic heterocycles. The molecule has 0 amide bonds. The fraction of sp³-hybridized carbons (Fsp3) is 0.280. The van der Waals surface area contributed by atoms with Gasteiger partial charge in [0.1, 0.15) is 6.17 Å². The molecule has 0 aromatic heterocycles. The van der Waals surface area contributed by atoms with Crippen molar-refractivity contribution in [3.63, 3.8) is 0 Å². The molecular formula is C25H26ClN3O. The van der Waals surface area contributed by atoms with Crippen molar-refractivity contribution in [2.75, 3.05) is 32.8 Å². The SMILES string of the molecule is CC1=C(c2ccccc2)C=CC2NC(c3ccc(Cl)cc3)=C(CN3CCOCC3)N12. The van der Waals surface area contributed by atoms with E-state index in [1.807, 2.05) is 12.1 Å². The monoisotopic (exact) mass is 419 g/mol. The van der Waals surface area contributed by atoms with Crippen LogP contribution >= 0.6 is 11.6 Å². The summed E-state index contributed by atoms with van der Waals surface area (Å²) in [6.45, 7) is 6.62. The van der Waals surface area contributed by atoms with Crippen LogP contribution in [0.2, 0.25) is 5.02 Å². The van der Waals surface area contributed by atoms with E-state index >= 15 is 0 Å². The van der Waals surface area contributed by atoms with Gasteiger partial charge in [0.15, 0.2) is 0 Å². The first-order chi connectivity index (χ1) is 14.7. The maximum absolute atomic E-state index is 6.15. The molecule has 0 radical (unpaired) electrons. The smallest absolute Gasteiger partial charge is 0.123 e. The van der Waals surface area contributed by atoms with E-state index < -0.39 is 0 Å². The summed E-state index contributed by atoms with van der Waals surface area (Å²) < 4.78 is 5.57. The number of morpholine rings is 1. The summed E-state index contributed by atoms with van der Waals surface area (Å²) in [6.07, 6.45) is 4.63. The molecule has 0 aliphatic carbocycles. The Morgan fingerprint density at radius 3 is 2.47 bits per heavy atom. The molecular weight excluding hydrogens is 394 g/mol. The molecule has 30 heavy (non-hydrogen) atoms. The van der Waals surface area contributed by atoms with Crippen LogP contribution < -0.4 is 5.32 Å². The van der Waals surface area contributed by atoms with Crippen LogP contribution in [0.5, 0.6) is 0 Å². The van der Waals surface area contributed by atoms with Crippen LogP contribution in [-0.4, -0.2) is 48.8 Å². The van der Waals surface area contributed by atoms with Gasteiger partial charge in [0.05, 0.1) is 24.6 Å². The van der Waals surface area contributed by atoms with Crippen molar-refractivity contribution in [1.29, 1.82) is 0 Å². The lowest BCUT2D eigenvalue weighted by molar-refractivity contribution is 0.0399. The Bertz CT molecular complexity index is 1000. The van der Waals surface area contributed by atoms with E-state index in [1.165, 1.54) is 33.8 Å². The second kappa shape index (κ2) is 8.31. The predicted molar refractivity (Wildman–Crippen MR) is 123 cm³/mol. The minimum atomic E-state index is 0.124. The van der Waals surface area contributed by atoms with E-state index in [1.54, 1.807) is 0 Å². The number of rotatable bonds is 4. The first-order valence-corrected chi connectivity index (χ1v) is 10.9. The van der Waals surface area contributed by atoms with Gasteiger partial charge in [-0.25, -0.2) is 0 Å². The molecule has 5 heteroatoms. The standard InChI is InChI=1S/C25H26ClN3O/c1-18-22(19-5-3-2-4-6-19)11-12-24-27-25(20-7-9-21(26)10-8-20)23(29(18)24)17-28-13-15-30-16-14-28/h2-12,24,27H,13-17H2,1H3. The third kappa shape index (κ3) is 3.67. The Morgan fingerprint density at radius 2 is 1.73 bits per heavy atom. The second-order valence-electron chi connectivity index (χ2n) is 7.90. The zero-order valence-corrected chi connectivity index (χ0v) is 17.9. The van der Waals surface area contributed by atoms with Gasteiger partial charge in [-0.3, -0.25) is 4.90 Å². The van der Waals surface area contributed by atoms with Gasteiger partial charge in [0.25, 0.3) is 0 Å². The van der Waals surface area contributed by atoms with Gasteiger partial charge in [0, 0.05) is 35.9 Å². The normalized spacial score (nSPS) is 21.8. The molecule has 3 heterocycles. The molecule has 1 unspecified atom stereocenters. The minimum Gasteiger partial charge on any atom is -0.379 e. The van der Waals surface area contributed by atoms with Crippen LogP contribution in [0.15, 0.2) is 78.1 Å². The number of ether oxygens (including phenoxy) is 1. The Morgan fingerprint density at radius 1 is 1.00 bits per heavy atom. The summed E-state index contributed by atoms with van der Waals surface area (Å²) in [6, 6.07) is 18.7. The van der Waals surface area contributed by atoms with E-state index in [9.17, 15) is 0 Å². The first-order valence-electron chi connectivity index (χ1n) is 10.5. The van der Waals surface area contributed by atoms with Crippen LogP contribution in [0.3, 0.4) is 0 Å². The van der Waals surface area contributed by atoms with Crippen LogP contribution in [-0.2, 0) is 4.74 Å². The zero-order valence-electron chi connectivity index (χ0n) is 17.1. The third-order valence-corrected chi connectivity index (χ3v) is 6.29. The lowest BCUT2D eigenvalue weighted by atomic mass is 9.99. The first kappa shape index (κ1) is 19.4. The van der Waals surface area contributed by atoms with Crippen LogP contribution in [0.1, 0.15) is 18.1 Å². The highest BCUT2D eigenvalue weighted by atomic mass is 35.5. The van der Waals surface area contributed by atoms with E-state index in [2.05, 4.69) is 76.7 Å². The number of fused-ring (bicyclic) bond motifs is 1. The molecule has 0 bridgehead atoms. The Labute approximate surface area is 183 Å². The van der Waals surface area contributed by atoms with Gasteiger partial charge in [-0.15, -0.1) is 0 Å². The molecule has 5 rings (SSSR count). The Hall–Kier alpha value is -2.53. The van der Waals surface area contributed by atoms with Crippen LogP contribution in [0.25, 0.3) is 11.3 Å². The number of nitrogens with zero attached hydrogens (tertiary/aromatic N) is 2. The topological polar surface area (TPSA) is 27.7 Å². The summed E-state index contributed by atoms with van der Waals surface area (Å²) in [4.78, 5) is 4.94. The summed E-state index contributed by atoms with van der Waals surface area (Å²) in [5.41, 5.74) is 7.44.